The van der Waals surface area contributed by atoms with Crippen molar-refractivity contribution in [2.45, 2.75) is 11.8 Å². The molecule has 1 aromatic carbocycles. The molecule has 0 amide bonds. The molecular weight excluding hydrogens is 270 g/mol. The Bertz CT molecular complexity index is 749. The Balaban J connectivity index is 2.84. The van der Waals surface area contributed by atoms with Gasteiger partial charge < -0.3 is 0 Å². The van der Waals surface area contributed by atoms with Gasteiger partial charge in [-0.1, -0.05) is 6.07 Å². The minimum atomic E-state index is -3.68. The highest BCUT2D eigenvalue weighted by Crippen LogP contribution is 2.31. The van der Waals surface area contributed by atoms with E-state index in [0.717, 1.165) is 6.26 Å². The van der Waals surface area contributed by atoms with Crippen LogP contribution in [0.4, 0.5) is 5.69 Å². The topological polar surface area (TPSA) is 95.1 Å². The molecule has 0 unspecified atom stereocenters. The van der Waals surface area contributed by atoms with E-state index in [-0.39, 0.29) is 10.6 Å². The molecule has 0 aliphatic carbocycles. The van der Waals surface area contributed by atoms with Crippen LogP contribution in [0.2, 0.25) is 0 Å². The van der Waals surface area contributed by atoms with Crippen LogP contribution < -0.4 is 0 Å². The maximum absolute atomic E-state index is 11.6. The third kappa shape index (κ3) is 2.34. The van der Waals surface area contributed by atoms with Crippen LogP contribution in [0.15, 0.2) is 35.5 Å². The average molecular weight is 281 g/mol. The fourth-order valence-corrected chi connectivity index (χ4v) is 2.68. The van der Waals surface area contributed by atoms with E-state index in [1.807, 2.05) is 0 Å². The zero-order valence-corrected chi connectivity index (χ0v) is 11.1. The van der Waals surface area contributed by atoms with E-state index < -0.39 is 20.4 Å². The van der Waals surface area contributed by atoms with Crippen molar-refractivity contribution in [3.8, 4) is 5.69 Å². The van der Waals surface area contributed by atoms with Crippen LogP contribution in [-0.4, -0.2) is 29.1 Å². The first-order chi connectivity index (χ1) is 8.82. The van der Waals surface area contributed by atoms with Crippen LogP contribution in [0.25, 0.3) is 5.69 Å². The number of imidazole rings is 1. The Morgan fingerprint density at radius 2 is 2.05 bits per heavy atom. The number of hydrogen-bond acceptors (Lipinski definition) is 5. The van der Waals surface area contributed by atoms with Gasteiger partial charge in [-0.05, 0) is 19.1 Å². The van der Waals surface area contributed by atoms with Gasteiger partial charge in [0.25, 0.3) is 0 Å². The lowest BCUT2D eigenvalue weighted by molar-refractivity contribution is -0.387. The zero-order chi connectivity index (χ0) is 14.2. The van der Waals surface area contributed by atoms with E-state index >= 15 is 0 Å². The Kier molecular flexibility index (Phi) is 3.11. The van der Waals surface area contributed by atoms with Gasteiger partial charge in [-0.2, -0.15) is 0 Å². The van der Waals surface area contributed by atoms with Gasteiger partial charge >= 0.3 is 5.69 Å². The molecule has 0 aliphatic rings. The van der Waals surface area contributed by atoms with Gasteiger partial charge in [0.1, 0.15) is 16.4 Å². The smallest absolute Gasteiger partial charge is 0.298 e. The lowest BCUT2D eigenvalue weighted by atomic mass is 10.2. The highest BCUT2D eigenvalue weighted by Gasteiger charge is 2.27. The molecule has 0 N–H and O–H groups in total. The van der Waals surface area contributed by atoms with Gasteiger partial charge in [0, 0.05) is 18.6 Å². The molecule has 0 aliphatic heterocycles. The van der Waals surface area contributed by atoms with Crippen molar-refractivity contribution in [3.63, 3.8) is 0 Å². The van der Waals surface area contributed by atoms with Gasteiger partial charge in [-0.25, -0.2) is 13.4 Å². The van der Waals surface area contributed by atoms with Crippen LogP contribution in [0, 0.1) is 17.0 Å². The molecule has 0 spiro atoms. The molecule has 0 bridgehead atoms. The summed E-state index contributed by atoms with van der Waals surface area (Å²) in [6, 6.07) is 4.18. The summed E-state index contributed by atoms with van der Waals surface area (Å²) >= 11 is 0. The molecular formula is C11H11N3O4S. The molecule has 2 rings (SSSR count). The highest BCUT2D eigenvalue weighted by molar-refractivity contribution is 7.90. The number of aromatic nitrogens is 2. The molecule has 8 heteroatoms. The number of sulfone groups is 1. The van der Waals surface area contributed by atoms with Gasteiger partial charge in [-0.3, -0.25) is 14.7 Å². The third-order valence-electron chi connectivity index (χ3n) is 2.65. The highest BCUT2D eigenvalue weighted by atomic mass is 32.2. The number of para-hydroxylation sites is 1. The number of hydrogen-bond donors (Lipinski definition) is 0. The number of aryl methyl sites for hydroxylation is 1. The maximum atomic E-state index is 11.6. The fraction of sp³-hybridized carbons (Fsp3) is 0.182. The number of benzene rings is 1. The molecule has 2 aromatic rings. The fourth-order valence-electron chi connectivity index (χ4n) is 1.82. The standard InChI is InChI=1S/C11H11N3O4S/c1-8-12-6-7-13(8)9-4-3-5-10(19(2,17)18)11(9)14(15)16/h3-7H,1-2H3. The number of rotatable bonds is 3. The van der Waals surface area contributed by atoms with Crippen LogP contribution in [0.5, 0.6) is 0 Å². The third-order valence-corrected chi connectivity index (χ3v) is 3.77. The molecule has 0 radical (unpaired) electrons. The molecule has 0 fully saturated rings. The Morgan fingerprint density at radius 3 is 2.53 bits per heavy atom. The summed E-state index contributed by atoms with van der Waals surface area (Å²) in [5.41, 5.74) is -0.256. The zero-order valence-electron chi connectivity index (χ0n) is 10.3. The Morgan fingerprint density at radius 1 is 1.37 bits per heavy atom. The molecule has 1 heterocycles. The van der Waals surface area contributed by atoms with Gasteiger partial charge in [0.2, 0.25) is 0 Å². The number of nitrogens with zero attached hydrogens (tertiary/aromatic N) is 3. The summed E-state index contributed by atoms with van der Waals surface area (Å²) < 4.78 is 24.8. The summed E-state index contributed by atoms with van der Waals surface area (Å²) in [5, 5.41) is 11.2. The van der Waals surface area contributed by atoms with Crippen molar-refractivity contribution in [1.29, 1.82) is 0 Å². The van der Waals surface area contributed by atoms with Crippen molar-refractivity contribution >= 4 is 15.5 Å². The van der Waals surface area contributed by atoms with E-state index in [1.165, 1.54) is 29.0 Å². The Hall–Kier alpha value is -2.22. The van der Waals surface area contributed by atoms with Gasteiger partial charge in [0.05, 0.1) is 4.92 Å². The second-order valence-electron chi connectivity index (χ2n) is 4.00. The average Bonchev–Trinajstić information content (AvgIpc) is 2.73. The van der Waals surface area contributed by atoms with E-state index in [2.05, 4.69) is 4.98 Å². The Labute approximate surface area is 109 Å². The van der Waals surface area contributed by atoms with Gasteiger partial charge in [-0.15, -0.1) is 0 Å². The quantitative estimate of drug-likeness (QED) is 0.627. The first-order valence-electron chi connectivity index (χ1n) is 5.30. The first kappa shape index (κ1) is 13.2. The lowest BCUT2D eigenvalue weighted by Crippen LogP contribution is -2.07. The summed E-state index contributed by atoms with van der Waals surface area (Å²) in [5.74, 6) is 0.536. The molecule has 100 valence electrons. The predicted octanol–water partition coefficient (Wildman–Crippen LogP) is 1.49. The molecule has 0 saturated carbocycles. The van der Waals surface area contributed by atoms with Crippen LogP contribution >= 0.6 is 0 Å². The van der Waals surface area contributed by atoms with Crippen molar-refractivity contribution in [3.05, 3.63) is 46.5 Å². The molecule has 1 aromatic heterocycles. The first-order valence-corrected chi connectivity index (χ1v) is 7.19. The molecule has 19 heavy (non-hydrogen) atoms. The largest absolute Gasteiger partial charge is 0.311 e. The van der Waals surface area contributed by atoms with E-state index in [4.69, 9.17) is 0 Å². The number of nitro groups is 1. The van der Waals surface area contributed by atoms with Crippen molar-refractivity contribution in [1.82, 2.24) is 9.55 Å². The van der Waals surface area contributed by atoms with E-state index in [9.17, 15) is 18.5 Å². The predicted molar refractivity (Wildman–Crippen MR) is 68.1 cm³/mol. The lowest BCUT2D eigenvalue weighted by Gasteiger charge is -2.08. The SMILES string of the molecule is Cc1nccn1-c1cccc(S(C)(=O)=O)c1[N+](=O)[O-]. The molecule has 0 atom stereocenters. The van der Waals surface area contributed by atoms with Crippen molar-refractivity contribution in [2.24, 2.45) is 0 Å². The molecule has 7 nitrogen and oxygen atoms in total. The summed E-state index contributed by atoms with van der Waals surface area (Å²) in [6.45, 7) is 1.68. The van der Waals surface area contributed by atoms with Crippen LogP contribution in [0.3, 0.4) is 0 Å². The number of nitro benzene ring substituents is 1. The minimum absolute atomic E-state index is 0.183. The van der Waals surface area contributed by atoms with Crippen molar-refractivity contribution in [2.75, 3.05) is 6.26 Å². The normalized spacial score (nSPS) is 11.5. The maximum Gasteiger partial charge on any atom is 0.311 e. The summed E-state index contributed by atoms with van der Waals surface area (Å²) in [4.78, 5) is 14.2. The molecule has 0 saturated heterocycles. The van der Waals surface area contributed by atoms with Gasteiger partial charge in [0.15, 0.2) is 9.84 Å². The van der Waals surface area contributed by atoms with Crippen molar-refractivity contribution < 1.29 is 13.3 Å². The van der Waals surface area contributed by atoms with Crippen LogP contribution in [0.1, 0.15) is 5.82 Å². The van der Waals surface area contributed by atoms with E-state index in [0.29, 0.717) is 5.82 Å². The monoisotopic (exact) mass is 281 g/mol. The summed E-state index contributed by atoms with van der Waals surface area (Å²) in [7, 11) is -3.68. The second-order valence-corrected chi connectivity index (χ2v) is 5.98. The summed E-state index contributed by atoms with van der Waals surface area (Å²) in [6.07, 6.45) is 3.98. The van der Waals surface area contributed by atoms with E-state index in [1.54, 1.807) is 13.1 Å². The van der Waals surface area contributed by atoms with Crippen LogP contribution in [-0.2, 0) is 9.84 Å². The minimum Gasteiger partial charge on any atom is -0.298 e. The second kappa shape index (κ2) is 4.47.